The normalized spacial score (nSPS) is 26.9. The van der Waals surface area contributed by atoms with Crippen molar-refractivity contribution in [2.24, 2.45) is 5.41 Å². The lowest BCUT2D eigenvalue weighted by atomic mass is 9.87. The van der Waals surface area contributed by atoms with Gasteiger partial charge in [-0.3, -0.25) is 19.3 Å². The average molecular weight is 527 g/mol. The topological polar surface area (TPSA) is 91.4 Å². The van der Waals surface area contributed by atoms with Gasteiger partial charge in [0.05, 0.1) is 6.54 Å². The Hall–Kier alpha value is -2.49. The molecule has 1 aromatic rings. The molecule has 38 heavy (non-hydrogen) atoms. The molecule has 1 aromatic carbocycles. The number of hydrogen-bond donors (Lipinski definition) is 1. The number of ketones is 1. The fraction of sp³-hybridized carbons (Fsp3) is 0.690. The van der Waals surface area contributed by atoms with Crippen LogP contribution in [0.25, 0.3) is 0 Å². The Morgan fingerprint density at radius 3 is 2.39 bits per heavy atom. The first-order chi connectivity index (χ1) is 18.1. The van der Waals surface area contributed by atoms with Crippen LogP contribution < -0.4 is 10.2 Å². The van der Waals surface area contributed by atoms with Crippen LogP contribution in [0.2, 0.25) is 0 Å². The highest BCUT2D eigenvalue weighted by Crippen LogP contribution is 2.32. The van der Waals surface area contributed by atoms with E-state index in [0.717, 1.165) is 37.9 Å². The largest absolute Gasteiger partial charge is 0.374 e. The Kier molecular flexibility index (Phi) is 7.80. The van der Waals surface area contributed by atoms with Crippen LogP contribution in [0.15, 0.2) is 24.3 Å². The first kappa shape index (κ1) is 27.1. The molecule has 9 heteroatoms. The molecule has 3 heterocycles. The number of amides is 2. The molecule has 0 bridgehead atoms. The summed E-state index contributed by atoms with van der Waals surface area (Å²) >= 11 is 0. The summed E-state index contributed by atoms with van der Waals surface area (Å²) in [6.07, 6.45) is 2.32. The molecule has 0 unspecified atom stereocenters. The van der Waals surface area contributed by atoms with Gasteiger partial charge in [0.25, 0.3) is 5.91 Å². The third-order valence-electron chi connectivity index (χ3n) is 8.09. The number of Topliss-reactive ketones (excluding diaryl/α,β-unsaturated/α-hetero) is 1. The van der Waals surface area contributed by atoms with Gasteiger partial charge in [0.1, 0.15) is 30.9 Å². The Labute approximate surface area is 225 Å². The lowest BCUT2D eigenvalue weighted by Gasteiger charge is -2.36. The molecule has 3 aliphatic heterocycles. The molecule has 3 saturated heterocycles. The third kappa shape index (κ3) is 5.90. The summed E-state index contributed by atoms with van der Waals surface area (Å²) in [7, 11) is 0. The number of piperazine rings is 1. The van der Waals surface area contributed by atoms with Crippen molar-refractivity contribution < 1.29 is 23.9 Å². The predicted molar refractivity (Wildman–Crippen MR) is 144 cm³/mol. The number of rotatable bonds is 8. The molecule has 1 N–H and O–H groups in total. The molecule has 2 amide bonds. The smallest absolute Gasteiger partial charge is 0.251 e. The van der Waals surface area contributed by atoms with Crippen LogP contribution in [0.5, 0.6) is 0 Å². The monoisotopic (exact) mass is 526 g/mol. The third-order valence-corrected chi connectivity index (χ3v) is 8.09. The van der Waals surface area contributed by atoms with Crippen LogP contribution in [-0.2, 0) is 19.1 Å². The zero-order chi connectivity index (χ0) is 27.0. The Morgan fingerprint density at radius 2 is 1.79 bits per heavy atom. The highest BCUT2D eigenvalue weighted by Gasteiger charge is 2.53. The molecule has 4 atom stereocenters. The van der Waals surface area contributed by atoms with E-state index in [2.05, 4.69) is 15.1 Å². The second-order valence-corrected chi connectivity index (χ2v) is 12.3. The summed E-state index contributed by atoms with van der Waals surface area (Å²) in [4.78, 5) is 46.3. The maximum atomic E-state index is 13.8. The summed E-state index contributed by atoms with van der Waals surface area (Å²) in [6.45, 7) is 12.9. The van der Waals surface area contributed by atoms with Crippen molar-refractivity contribution >= 4 is 23.3 Å². The number of likely N-dealkylation sites (tertiary alicyclic amines) is 1. The van der Waals surface area contributed by atoms with E-state index in [-0.39, 0.29) is 42.3 Å². The van der Waals surface area contributed by atoms with Gasteiger partial charge in [-0.2, -0.15) is 0 Å². The van der Waals surface area contributed by atoms with Gasteiger partial charge in [0, 0.05) is 50.1 Å². The molecule has 0 radical (unpaired) electrons. The molecule has 9 nitrogen and oxygen atoms in total. The Balaban J connectivity index is 1.26. The zero-order valence-corrected chi connectivity index (χ0v) is 23.2. The summed E-state index contributed by atoms with van der Waals surface area (Å²) in [5.74, 6) is -0.654. The number of hydrogen-bond acceptors (Lipinski definition) is 7. The minimum absolute atomic E-state index is 0.0129. The standard InChI is InChI=1S/C29H42N4O5/c1-5-37-24-17-33(25-23(34)18-38-26(24)25)28(36)22(16-29(2,3)4)30-27(35)19-6-8-20(9-7-19)31-12-14-32(15-13-31)21-10-11-21/h6-9,21-22,24-26H,5,10-18H2,1-4H3,(H,30,35)/t22-,24-,25+,26+/m0/s1. The SMILES string of the molecule is CCO[C@H]1CN(C(=O)[C@H](CC(C)(C)C)NC(=O)c2ccc(N3CCN(C4CC4)CC3)cc2)[C@@H]2C(=O)CO[C@H]12. The second kappa shape index (κ2) is 10.9. The van der Waals surface area contributed by atoms with E-state index in [9.17, 15) is 14.4 Å². The molecule has 0 aromatic heterocycles. The second-order valence-electron chi connectivity index (χ2n) is 12.3. The lowest BCUT2D eigenvalue weighted by Crippen LogP contribution is -2.53. The van der Waals surface area contributed by atoms with E-state index >= 15 is 0 Å². The van der Waals surface area contributed by atoms with Gasteiger partial charge >= 0.3 is 0 Å². The van der Waals surface area contributed by atoms with Crippen molar-refractivity contribution in [3.63, 3.8) is 0 Å². The summed E-state index contributed by atoms with van der Waals surface area (Å²) in [6, 6.07) is 7.04. The molecule has 5 rings (SSSR count). The Morgan fingerprint density at radius 1 is 1.11 bits per heavy atom. The number of anilines is 1. The summed E-state index contributed by atoms with van der Waals surface area (Å²) in [5, 5.41) is 2.99. The van der Waals surface area contributed by atoms with Crippen LogP contribution in [0.4, 0.5) is 5.69 Å². The van der Waals surface area contributed by atoms with E-state index in [0.29, 0.717) is 18.6 Å². The van der Waals surface area contributed by atoms with E-state index < -0.39 is 18.2 Å². The van der Waals surface area contributed by atoms with Crippen LogP contribution in [0.1, 0.15) is 57.3 Å². The molecule has 1 aliphatic carbocycles. The van der Waals surface area contributed by atoms with E-state index in [1.807, 2.05) is 52.0 Å². The number of benzene rings is 1. The van der Waals surface area contributed by atoms with Crippen molar-refractivity contribution in [3.05, 3.63) is 29.8 Å². The van der Waals surface area contributed by atoms with E-state index in [4.69, 9.17) is 9.47 Å². The first-order valence-corrected chi connectivity index (χ1v) is 14.1. The minimum atomic E-state index is -0.757. The number of carbonyl (C=O) groups is 3. The van der Waals surface area contributed by atoms with Crippen molar-refractivity contribution in [1.29, 1.82) is 0 Å². The van der Waals surface area contributed by atoms with Crippen molar-refractivity contribution in [1.82, 2.24) is 15.1 Å². The molecule has 208 valence electrons. The van der Waals surface area contributed by atoms with Crippen LogP contribution in [0, 0.1) is 5.41 Å². The number of nitrogens with one attached hydrogen (secondary N) is 1. The molecule has 4 aliphatic rings. The van der Waals surface area contributed by atoms with Crippen LogP contribution >= 0.6 is 0 Å². The fourth-order valence-corrected chi connectivity index (χ4v) is 6.06. The lowest BCUT2D eigenvalue weighted by molar-refractivity contribution is -0.139. The maximum Gasteiger partial charge on any atom is 0.251 e. The number of nitrogens with zero attached hydrogens (tertiary/aromatic N) is 3. The zero-order valence-electron chi connectivity index (χ0n) is 23.2. The highest BCUT2D eigenvalue weighted by molar-refractivity contribution is 5.99. The minimum Gasteiger partial charge on any atom is -0.374 e. The first-order valence-electron chi connectivity index (χ1n) is 14.1. The number of ether oxygens (including phenoxy) is 2. The summed E-state index contributed by atoms with van der Waals surface area (Å²) in [5.41, 5.74) is 1.42. The van der Waals surface area contributed by atoms with Crippen molar-refractivity contribution in [3.8, 4) is 0 Å². The molecular formula is C29H42N4O5. The molecule has 4 fully saturated rings. The average Bonchev–Trinajstić information content (AvgIpc) is 3.58. The number of fused-ring (bicyclic) bond motifs is 1. The maximum absolute atomic E-state index is 13.8. The van der Waals surface area contributed by atoms with Crippen LogP contribution in [-0.4, -0.2) is 104 Å². The van der Waals surface area contributed by atoms with Gasteiger partial charge in [-0.05, 0) is 55.9 Å². The van der Waals surface area contributed by atoms with Gasteiger partial charge in [-0.15, -0.1) is 0 Å². The van der Waals surface area contributed by atoms with Gasteiger partial charge in [-0.1, -0.05) is 20.8 Å². The number of carbonyl (C=O) groups excluding carboxylic acids is 3. The van der Waals surface area contributed by atoms with Crippen molar-refractivity contribution in [2.75, 3.05) is 50.8 Å². The highest BCUT2D eigenvalue weighted by atomic mass is 16.6. The van der Waals surface area contributed by atoms with Gasteiger partial charge in [-0.25, -0.2) is 0 Å². The van der Waals surface area contributed by atoms with E-state index in [1.54, 1.807) is 4.90 Å². The fourth-order valence-electron chi connectivity index (χ4n) is 6.06. The predicted octanol–water partition coefficient (Wildman–Crippen LogP) is 2.09. The van der Waals surface area contributed by atoms with Crippen LogP contribution in [0.3, 0.4) is 0 Å². The molecular weight excluding hydrogens is 484 g/mol. The summed E-state index contributed by atoms with van der Waals surface area (Å²) < 4.78 is 11.5. The van der Waals surface area contributed by atoms with Gasteiger partial charge in [0.15, 0.2) is 5.78 Å². The van der Waals surface area contributed by atoms with Gasteiger partial charge in [0.2, 0.25) is 5.91 Å². The molecule has 1 saturated carbocycles. The van der Waals surface area contributed by atoms with Gasteiger partial charge < -0.3 is 24.6 Å². The van der Waals surface area contributed by atoms with Crippen molar-refractivity contribution in [2.45, 2.75) is 77.3 Å². The molecule has 0 spiro atoms. The van der Waals surface area contributed by atoms with E-state index in [1.165, 1.54) is 12.8 Å². The Bertz CT molecular complexity index is 1030. The quantitative estimate of drug-likeness (QED) is 0.555.